The van der Waals surface area contributed by atoms with Gasteiger partial charge in [-0.05, 0) is 49.6 Å². The first-order chi connectivity index (χ1) is 9.52. The van der Waals surface area contributed by atoms with E-state index < -0.39 is 0 Å². The van der Waals surface area contributed by atoms with Crippen molar-refractivity contribution in [3.8, 4) is 5.75 Å². The van der Waals surface area contributed by atoms with Crippen LogP contribution in [-0.4, -0.2) is 23.9 Å². The second kappa shape index (κ2) is 8.58. The SMILES string of the molecule is CCCOc1cc(C)c(Cl)c(C)c1C(=O)CSCCC. The average molecular weight is 315 g/mol. The van der Waals surface area contributed by atoms with E-state index in [-0.39, 0.29) is 5.78 Å². The first-order valence-electron chi connectivity index (χ1n) is 7.06. The summed E-state index contributed by atoms with van der Waals surface area (Å²) in [5.74, 6) is 2.26. The molecule has 0 aromatic heterocycles. The maximum atomic E-state index is 12.4. The Kier molecular flexibility index (Phi) is 7.46. The molecule has 0 aliphatic carbocycles. The predicted molar refractivity (Wildman–Crippen MR) is 88.7 cm³/mol. The lowest BCUT2D eigenvalue weighted by atomic mass is 10.0. The number of benzene rings is 1. The van der Waals surface area contributed by atoms with Crippen LogP contribution in [0.25, 0.3) is 0 Å². The van der Waals surface area contributed by atoms with Crippen molar-refractivity contribution in [2.75, 3.05) is 18.1 Å². The van der Waals surface area contributed by atoms with Gasteiger partial charge in [0.05, 0.1) is 17.9 Å². The quantitative estimate of drug-likeness (QED) is 0.495. The van der Waals surface area contributed by atoms with E-state index in [9.17, 15) is 4.79 Å². The largest absolute Gasteiger partial charge is 0.493 e. The average Bonchev–Trinajstić information content (AvgIpc) is 2.42. The minimum absolute atomic E-state index is 0.106. The van der Waals surface area contributed by atoms with Gasteiger partial charge < -0.3 is 4.74 Å². The number of hydrogen-bond acceptors (Lipinski definition) is 3. The molecule has 0 aliphatic heterocycles. The van der Waals surface area contributed by atoms with Gasteiger partial charge in [-0.2, -0.15) is 11.8 Å². The summed E-state index contributed by atoms with van der Waals surface area (Å²) in [7, 11) is 0. The Morgan fingerprint density at radius 1 is 1.30 bits per heavy atom. The predicted octanol–water partition coefficient (Wildman–Crippen LogP) is 5.07. The molecule has 0 saturated carbocycles. The van der Waals surface area contributed by atoms with Crippen molar-refractivity contribution in [1.29, 1.82) is 0 Å². The summed E-state index contributed by atoms with van der Waals surface area (Å²) in [6.45, 7) is 8.61. The van der Waals surface area contributed by atoms with Crippen LogP contribution in [-0.2, 0) is 0 Å². The van der Waals surface area contributed by atoms with Crippen LogP contribution < -0.4 is 4.74 Å². The molecule has 0 aliphatic rings. The zero-order chi connectivity index (χ0) is 15.1. The number of ketones is 1. The smallest absolute Gasteiger partial charge is 0.176 e. The van der Waals surface area contributed by atoms with Gasteiger partial charge in [-0.3, -0.25) is 4.79 Å². The van der Waals surface area contributed by atoms with E-state index in [0.29, 0.717) is 28.7 Å². The second-order valence-corrected chi connectivity index (χ2v) is 6.31. The molecule has 1 aromatic rings. The number of aryl methyl sites for hydroxylation is 1. The van der Waals surface area contributed by atoms with Gasteiger partial charge in [0.15, 0.2) is 5.78 Å². The Bertz CT molecular complexity index is 472. The number of rotatable bonds is 8. The van der Waals surface area contributed by atoms with E-state index in [1.54, 1.807) is 11.8 Å². The van der Waals surface area contributed by atoms with E-state index in [1.807, 2.05) is 26.8 Å². The van der Waals surface area contributed by atoms with Crippen LogP contribution in [0.1, 0.15) is 48.2 Å². The Labute approximate surface area is 131 Å². The lowest BCUT2D eigenvalue weighted by Crippen LogP contribution is -2.10. The van der Waals surface area contributed by atoms with Gasteiger partial charge in [0.1, 0.15) is 5.75 Å². The van der Waals surface area contributed by atoms with Crippen molar-refractivity contribution < 1.29 is 9.53 Å². The first-order valence-corrected chi connectivity index (χ1v) is 8.59. The molecule has 20 heavy (non-hydrogen) atoms. The van der Waals surface area contributed by atoms with Crippen LogP contribution in [0.5, 0.6) is 5.75 Å². The Morgan fingerprint density at radius 2 is 2.00 bits per heavy atom. The third-order valence-electron chi connectivity index (χ3n) is 2.97. The van der Waals surface area contributed by atoms with Crippen LogP contribution >= 0.6 is 23.4 Å². The van der Waals surface area contributed by atoms with Gasteiger partial charge in [-0.25, -0.2) is 0 Å². The molecular weight excluding hydrogens is 292 g/mol. The molecule has 0 atom stereocenters. The molecule has 1 rings (SSSR count). The van der Waals surface area contributed by atoms with Crippen LogP contribution in [0.2, 0.25) is 5.02 Å². The fourth-order valence-corrected chi connectivity index (χ4v) is 2.89. The molecule has 0 heterocycles. The molecule has 1 aromatic carbocycles. The van der Waals surface area contributed by atoms with Crippen molar-refractivity contribution in [2.45, 2.75) is 40.5 Å². The van der Waals surface area contributed by atoms with Crippen molar-refractivity contribution in [3.05, 3.63) is 27.8 Å². The molecule has 2 nitrogen and oxygen atoms in total. The van der Waals surface area contributed by atoms with E-state index in [4.69, 9.17) is 16.3 Å². The minimum atomic E-state index is 0.106. The molecule has 4 heteroatoms. The molecule has 112 valence electrons. The highest BCUT2D eigenvalue weighted by atomic mass is 35.5. The summed E-state index contributed by atoms with van der Waals surface area (Å²) in [5, 5.41) is 0.665. The second-order valence-electron chi connectivity index (χ2n) is 4.83. The Morgan fingerprint density at radius 3 is 2.60 bits per heavy atom. The fraction of sp³-hybridized carbons (Fsp3) is 0.562. The van der Waals surface area contributed by atoms with E-state index in [0.717, 1.165) is 29.7 Å². The van der Waals surface area contributed by atoms with E-state index in [1.165, 1.54) is 0 Å². The molecule has 0 unspecified atom stereocenters. The summed E-state index contributed by atoms with van der Waals surface area (Å²) >= 11 is 7.94. The number of carbonyl (C=O) groups excluding carboxylic acids is 1. The molecule has 0 radical (unpaired) electrons. The monoisotopic (exact) mass is 314 g/mol. The normalized spacial score (nSPS) is 10.7. The summed E-state index contributed by atoms with van der Waals surface area (Å²) < 4.78 is 5.74. The summed E-state index contributed by atoms with van der Waals surface area (Å²) in [4.78, 5) is 12.4. The van der Waals surface area contributed by atoms with E-state index in [2.05, 4.69) is 6.92 Å². The van der Waals surface area contributed by atoms with Gasteiger partial charge in [0.25, 0.3) is 0 Å². The molecule has 0 spiro atoms. The molecular formula is C16H23ClO2S. The number of carbonyl (C=O) groups is 1. The number of hydrogen-bond donors (Lipinski definition) is 0. The van der Waals surface area contributed by atoms with Gasteiger partial charge in [-0.1, -0.05) is 25.4 Å². The lowest BCUT2D eigenvalue weighted by Gasteiger charge is -2.15. The maximum Gasteiger partial charge on any atom is 0.176 e. The van der Waals surface area contributed by atoms with Crippen molar-refractivity contribution in [2.24, 2.45) is 0 Å². The van der Waals surface area contributed by atoms with Gasteiger partial charge in [-0.15, -0.1) is 0 Å². The first kappa shape index (κ1) is 17.4. The Balaban J connectivity index is 3.06. The lowest BCUT2D eigenvalue weighted by molar-refractivity contribution is 0.101. The van der Waals surface area contributed by atoms with Crippen LogP contribution in [0.4, 0.5) is 0 Å². The van der Waals surface area contributed by atoms with Crippen molar-refractivity contribution >= 4 is 29.1 Å². The van der Waals surface area contributed by atoms with Gasteiger partial charge in [0.2, 0.25) is 0 Å². The number of thioether (sulfide) groups is 1. The van der Waals surface area contributed by atoms with Gasteiger partial charge in [0, 0.05) is 5.02 Å². The van der Waals surface area contributed by atoms with Crippen molar-refractivity contribution in [1.82, 2.24) is 0 Å². The highest BCUT2D eigenvalue weighted by Crippen LogP contribution is 2.32. The molecule has 0 saturated heterocycles. The molecule has 0 bridgehead atoms. The van der Waals surface area contributed by atoms with Gasteiger partial charge >= 0.3 is 0 Å². The molecule has 0 fully saturated rings. The number of ether oxygens (including phenoxy) is 1. The fourth-order valence-electron chi connectivity index (χ4n) is 1.98. The zero-order valence-electron chi connectivity index (χ0n) is 12.7. The van der Waals surface area contributed by atoms with E-state index >= 15 is 0 Å². The molecule has 0 amide bonds. The Hall–Kier alpha value is -0.670. The summed E-state index contributed by atoms with van der Waals surface area (Å²) in [6, 6.07) is 1.88. The zero-order valence-corrected chi connectivity index (χ0v) is 14.3. The van der Waals surface area contributed by atoms with Crippen molar-refractivity contribution in [3.63, 3.8) is 0 Å². The molecule has 0 N–H and O–H groups in total. The van der Waals surface area contributed by atoms with Crippen LogP contribution in [0, 0.1) is 13.8 Å². The summed E-state index contributed by atoms with van der Waals surface area (Å²) in [6.07, 6.45) is 1.99. The minimum Gasteiger partial charge on any atom is -0.493 e. The third kappa shape index (κ3) is 4.42. The topological polar surface area (TPSA) is 26.3 Å². The van der Waals surface area contributed by atoms with Crippen LogP contribution in [0.15, 0.2) is 6.07 Å². The third-order valence-corrected chi connectivity index (χ3v) is 4.71. The van der Waals surface area contributed by atoms with Crippen LogP contribution in [0.3, 0.4) is 0 Å². The number of halogens is 1. The summed E-state index contributed by atoms with van der Waals surface area (Å²) in [5.41, 5.74) is 2.44. The highest BCUT2D eigenvalue weighted by Gasteiger charge is 2.19. The maximum absolute atomic E-state index is 12.4. The number of Topliss-reactive ketones (excluding diaryl/α,β-unsaturated/α-hetero) is 1. The standard InChI is InChI=1S/C16H23ClO2S/c1-5-7-19-14-9-11(3)16(17)12(4)15(14)13(18)10-20-8-6-2/h9H,5-8,10H2,1-4H3. The highest BCUT2D eigenvalue weighted by molar-refractivity contribution is 7.99.